The Kier molecular flexibility index (Phi) is 7.54. The molecule has 0 spiro atoms. The van der Waals surface area contributed by atoms with Crippen molar-refractivity contribution in [2.24, 2.45) is 0 Å². The molecule has 2 amide bonds. The summed E-state index contributed by atoms with van der Waals surface area (Å²) in [7, 11) is 1.88. The first-order valence-electron chi connectivity index (χ1n) is 10.9. The molecule has 0 radical (unpaired) electrons. The monoisotopic (exact) mass is 399 g/mol. The van der Waals surface area contributed by atoms with Gasteiger partial charge in [0, 0.05) is 39.3 Å². The highest BCUT2D eigenvalue weighted by atomic mass is 16.6. The van der Waals surface area contributed by atoms with Crippen LogP contribution in [-0.2, 0) is 14.3 Å². The Bertz CT molecular complexity index is 541. The number of hydrogen-bond donors (Lipinski definition) is 1. The van der Waals surface area contributed by atoms with Gasteiger partial charge in [-0.25, -0.2) is 4.79 Å². The van der Waals surface area contributed by atoms with Crippen LogP contribution in [0, 0.1) is 0 Å². The summed E-state index contributed by atoms with van der Waals surface area (Å²) < 4.78 is 17.9. The third-order valence-electron chi connectivity index (χ3n) is 5.50. The van der Waals surface area contributed by atoms with Crippen LogP contribution in [-0.4, -0.2) is 104 Å². The fraction of sp³-hybridized carbons (Fsp3) is 0.900. The number of ether oxygens (including phenoxy) is 2. The smallest absolute Gasteiger partial charge is 0.408 e. The lowest BCUT2D eigenvalue weighted by atomic mass is 10.0. The Morgan fingerprint density at radius 1 is 1.11 bits per heavy atom. The number of carbonyl (C=O) groups excluding carboxylic acids is 2. The van der Waals surface area contributed by atoms with Crippen LogP contribution in [0.4, 0.5) is 4.79 Å². The molecule has 8 nitrogen and oxygen atoms in total. The van der Waals surface area contributed by atoms with E-state index in [1.54, 1.807) is 32.6 Å². The summed E-state index contributed by atoms with van der Waals surface area (Å²) in [5, 5.41) is 2.65. The number of rotatable bonds is 5. The van der Waals surface area contributed by atoms with Gasteiger partial charge in [-0.3, -0.25) is 9.69 Å². The van der Waals surface area contributed by atoms with Crippen LogP contribution in [0.2, 0.25) is 0 Å². The van der Waals surface area contributed by atoms with Crippen LogP contribution in [0.5, 0.6) is 0 Å². The van der Waals surface area contributed by atoms with E-state index in [1.165, 1.54) is 12.8 Å². The maximum Gasteiger partial charge on any atom is 0.408 e. The van der Waals surface area contributed by atoms with E-state index in [9.17, 15) is 9.59 Å². The molecule has 0 aliphatic carbocycles. The van der Waals surface area contributed by atoms with E-state index >= 15 is 0 Å². The lowest BCUT2D eigenvalue weighted by Gasteiger charge is -2.43. The molecule has 1 N–H and O–H groups in total. The van der Waals surface area contributed by atoms with E-state index in [4.69, 9.17) is 10.8 Å². The molecule has 0 unspecified atom stereocenters. The normalized spacial score (nSPS) is 23.0. The van der Waals surface area contributed by atoms with E-state index in [-0.39, 0.29) is 13.0 Å². The average molecular weight is 400 g/mol. The molecule has 8 heteroatoms. The fourth-order valence-electron chi connectivity index (χ4n) is 3.77. The first-order valence-corrected chi connectivity index (χ1v) is 10.2. The molecule has 0 aromatic rings. The molecule has 2 saturated heterocycles. The van der Waals surface area contributed by atoms with Crippen LogP contribution >= 0.6 is 0 Å². The lowest BCUT2D eigenvalue weighted by molar-refractivity contribution is -0.139. The zero-order valence-electron chi connectivity index (χ0n) is 19.1. The molecule has 0 saturated carbocycles. The van der Waals surface area contributed by atoms with Crippen LogP contribution in [0.1, 0.15) is 41.9 Å². The van der Waals surface area contributed by atoms with Gasteiger partial charge in [0.25, 0.3) is 0 Å². The number of piperidine rings is 1. The number of methoxy groups -OCH3 is 1. The second kappa shape index (κ2) is 9.89. The second-order valence-electron chi connectivity index (χ2n) is 8.89. The predicted octanol–water partition coefficient (Wildman–Crippen LogP) is 1.15. The Labute approximate surface area is 170 Å². The van der Waals surface area contributed by atoms with Crippen molar-refractivity contribution >= 4 is 12.0 Å². The predicted molar refractivity (Wildman–Crippen MR) is 108 cm³/mol. The second-order valence-corrected chi connectivity index (χ2v) is 8.89. The standard InChI is InChI=1S/C20H38N4O4/c1-15(27-6)17(21-19(26)28-20(2,3)4)18(25)24-13-11-23(12-14-24)16-7-9-22(5)10-8-16/h15-17H,7-14H2,1-6H3,(H,21,26)/t15-,17-/m0/s1/i6D. The number of likely N-dealkylation sites (tertiary alicyclic amines) is 1. The van der Waals surface area contributed by atoms with E-state index in [0.29, 0.717) is 19.1 Å². The van der Waals surface area contributed by atoms with Crippen molar-refractivity contribution in [1.82, 2.24) is 20.0 Å². The molecule has 0 aromatic heterocycles. The summed E-state index contributed by atoms with van der Waals surface area (Å²) in [6.07, 6.45) is 1.07. The van der Waals surface area contributed by atoms with Gasteiger partial charge in [-0.15, -0.1) is 0 Å². The summed E-state index contributed by atoms with van der Waals surface area (Å²) >= 11 is 0. The molecule has 2 fully saturated rings. The highest BCUT2D eigenvalue weighted by Gasteiger charge is 2.35. The molecular formula is C20H38N4O4. The maximum absolute atomic E-state index is 13.1. The zero-order chi connectivity index (χ0) is 21.6. The van der Waals surface area contributed by atoms with Crippen molar-refractivity contribution in [3.8, 4) is 0 Å². The third-order valence-corrected chi connectivity index (χ3v) is 5.50. The minimum absolute atomic E-state index is 0.181. The summed E-state index contributed by atoms with van der Waals surface area (Å²) in [5.74, 6) is -0.181. The van der Waals surface area contributed by atoms with E-state index in [0.717, 1.165) is 26.2 Å². The van der Waals surface area contributed by atoms with Gasteiger partial charge in [0.2, 0.25) is 5.91 Å². The van der Waals surface area contributed by atoms with Gasteiger partial charge in [-0.1, -0.05) is 0 Å². The molecule has 2 aliphatic heterocycles. The van der Waals surface area contributed by atoms with E-state index < -0.39 is 23.8 Å². The van der Waals surface area contributed by atoms with Gasteiger partial charge in [0.1, 0.15) is 11.6 Å². The summed E-state index contributed by atoms with van der Waals surface area (Å²) in [6.45, 7) is 12.2. The van der Waals surface area contributed by atoms with E-state index in [2.05, 4.69) is 22.2 Å². The van der Waals surface area contributed by atoms with Gasteiger partial charge in [0.15, 0.2) is 0 Å². The zero-order valence-corrected chi connectivity index (χ0v) is 18.1. The highest BCUT2D eigenvalue weighted by molar-refractivity contribution is 5.86. The molecule has 0 aromatic carbocycles. The molecule has 0 bridgehead atoms. The van der Waals surface area contributed by atoms with Crippen molar-refractivity contribution in [2.75, 3.05) is 53.4 Å². The van der Waals surface area contributed by atoms with Crippen molar-refractivity contribution < 1.29 is 20.4 Å². The average Bonchev–Trinajstić information content (AvgIpc) is 2.65. The Balaban J connectivity index is 1.93. The van der Waals surface area contributed by atoms with Gasteiger partial charge in [-0.2, -0.15) is 0 Å². The summed E-state index contributed by atoms with van der Waals surface area (Å²) in [6, 6.07) is -0.283. The number of nitrogens with zero attached hydrogens (tertiary/aromatic N) is 3. The quantitative estimate of drug-likeness (QED) is 0.748. The largest absolute Gasteiger partial charge is 0.444 e. The van der Waals surface area contributed by atoms with Crippen LogP contribution in [0.3, 0.4) is 0 Å². The summed E-state index contributed by atoms with van der Waals surface area (Å²) in [5.41, 5.74) is -0.656. The molecule has 2 aliphatic rings. The van der Waals surface area contributed by atoms with Gasteiger partial charge < -0.3 is 24.6 Å². The van der Waals surface area contributed by atoms with Crippen LogP contribution < -0.4 is 5.32 Å². The lowest BCUT2D eigenvalue weighted by Crippen LogP contribution is -2.60. The number of piperazine rings is 1. The molecule has 162 valence electrons. The van der Waals surface area contributed by atoms with Crippen LogP contribution in [0.25, 0.3) is 0 Å². The molecular weight excluding hydrogens is 360 g/mol. The van der Waals surface area contributed by atoms with Gasteiger partial charge in [0.05, 0.1) is 7.47 Å². The summed E-state index contributed by atoms with van der Waals surface area (Å²) in [4.78, 5) is 32.0. The van der Waals surface area contributed by atoms with Crippen molar-refractivity contribution in [1.29, 1.82) is 0 Å². The minimum atomic E-state index is -0.870. The first-order chi connectivity index (χ1) is 13.6. The molecule has 2 rings (SSSR count). The first kappa shape index (κ1) is 21.3. The SMILES string of the molecule is [2H]CO[C@@H](C)[C@H](NC(=O)OC(C)(C)C)C(=O)N1CCN(C2CCN(C)CC2)CC1. The maximum atomic E-state index is 13.1. The third kappa shape index (κ3) is 6.60. The van der Waals surface area contributed by atoms with Crippen molar-refractivity contribution in [2.45, 2.75) is 64.3 Å². The minimum Gasteiger partial charge on any atom is -0.444 e. The highest BCUT2D eigenvalue weighted by Crippen LogP contribution is 2.18. The number of nitrogens with one attached hydrogen (secondary N) is 1. The van der Waals surface area contributed by atoms with Crippen LogP contribution in [0.15, 0.2) is 0 Å². The van der Waals surface area contributed by atoms with Crippen molar-refractivity contribution in [3.63, 3.8) is 0 Å². The van der Waals surface area contributed by atoms with E-state index in [1.807, 2.05) is 0 Å². The molecule has 2 atom stereocenters. The van der Waals surface area contributed by atoms with Crippen molar-refractivity contribution in [3.05, 3.63) is 0 Å². The topological polar surface area (TPSA) is 74.3 Å². The number of amides is 2. The number of hydrogen-bond acceptors (Lipinski definition) is 6. The molecule has 28 heavy (non-hydrogen) atoms. The Morgan fingerprint density at radius 3 is 2.25 bits per heavy atom. The van der Waals surface area contributed by atoms with Gasteiger partial charge >= 0.3 is 6.09 Å². The van der Waals surface area contributed by atoms with Gasteiger partial charge in [-0.05, 0) is 60.7 Å². The Morgan fingerprint density at radius 2 is 1.71 bits per heavy atom. The Hall–Kier alpha value is -1.38. The number of alkyl carbamates (subject to hydrolysis) is 1. The number of carbonyl (C=O) groups is 2. The fourth-order valence-corrected chi connectivity index (χ4v) is 3.77. The molecule has 2 heterocycles.